The summed E-state index contributed by atoms with van der Waals surface area (Å²) in [5.41, 5.74) is 0.0599. The molecule has 0 atom stereocenters. The average molecular weight is 476 g/mol. The maximum atomic E-state index is 12.6. The van der Waals surface area contributed by atoms with Crippen molar-refractivity contribution in [3.05, 3.63) is 65.5 Å². The van der Waals surface area contributed by atoms with Crippen LogP contribution in [-0.4, -0.2) is 67.4 Å². The van der Waals surface area contributed by atoms with Crippen molar-refractivity contribution in [2.45, 2.75) is 5.16 Å². The number of amides is 3. The highest BCUT2D eigenvalue weighted by Gasteiger charge is 2.36. The molecular weight excluding hydrogens is 460 g/mol. The quantitative estimate of drug-likeness (QED) is 0.492. The van der Waals surface area contributed by atoms with E-state index in [0.717, 1.165) is 15.6 Å². The van der Waals surface area contributed by atoms with Crippen LogP contribution in [0.15, 0.2) is 53.8 Å². The number of imidazole rings is 1. The summed E-state index contributed by atoms with van der Waals surface area (Å²) in [6, 6.07) is 10.6. The summed E-state index contributed by atoms with van der Waals surface area (Å²) in [6.07, 6.45) is 2.29. The second-order valence-corrected chi connectivity index (χ2v) is 10.8. The van der Waals surface area contributed by atoms with Gasteiger partial charge in [-0.25, -0.2) is 26.5 Å². The first-order valence-corrected chi connectivity index (χ1v) is 12.7. The van der Waals surface area contributed by atoms with Crippen molar-refractivity contribution in [3.8, 4) is 0 Å². The van der Waals surface area contributed by atoms with Crippen LogP contribution in [-0.2, 0) is 19.9 Å². The van der Waals surface area contributed by atoms with Crippen LogP contribution in [0.25, 0.3) is 5.52 Å². The molecule has 1 aliphatic rings. The average Bonchev–Trinajstić information content (AvgIpc) is 3.23. The maximum Gasteiger partial charge on any atom is 0.285 e. The van der Waals surface area contributed by atoms with Crippen molar-refractivity contribution < 1.29 is 31.2 Å². The summed E-state index contributed by atoms with van der Waals surface area (Å²) in [7, 11) is -8.09. The molecule has 0 unspecified atom stereocenters. The lowest BCUT2D eigenvalue weighted by Gasteiger charge is -2.14. The molecule has 0 saturated carbocycles. The van der Waals surface area contributed by atoms with Gasteiger partial charge in [-0.3, -0.25) is 23.7 Å². The van der Waals surface area contributed by atoms with E-state index in [1.165, 1.54) is 36.5 Å². The van der Waals surface area contributed by atoms with E-state index in [4.69, 9.17) is 0 Å². The Kier molecular flexibility index (Phi) is 5.09. The molecule has 32 heavy (non-hydrogen) atoms. The third-order valence-corrected chi connectivity index (χ3v) is 6.94. The molecule has 166 valence electrons. The molecule has 1 N–H and O–H groups in total. The summed E-state index contributed by atoms with van der Waals surface area (Å²) in [5, 5.41) is -0.415. The van der Waals surface area contributed by atoms with Crippen LogP contribution in [0.5, 0.6) is 0 Å². The summed E-state index contributed by atoms with van der Waals surface area (Å²) >= 11 is 0. The van der Waals surface area contributed by atoms with E-state index in [1.54, 1.807) is 12.1 Å². The number of carbonyl (C=O) groups excluding carboxylic acids is 3. The molecule has 2 aromatic heterocycles. The zero-order valence-corrected chi connectivity index (χ0v) is 18.2. The van der Waals surface area contributed by atoms with E-state index < -0.39 is 60.7 Å². The Hall–Kier alpha value is -3.58. The van der Waals surface area contributed by atoms with Crippen molar-refractivity contribution >= 4 is 43.1 Å². The van der Waals surface area contributed by atoms with Crippen molar-refractivity contribution in [1.82, 2.24) is 19.0 Å². The first kappa shape index (κ1) is 21.6. The molecule has 0 saturated heterocycles. The van der Waals surface area contributed by atoms with Gasteiger partial charge in [0.25, 0.3) is 17.7 Å². The lowest BCUT2D eigenvalue weighted by Crippen LogP contribution is -2.39. The number of hydrogen-bond donors (Lipinski definition) is 1. The van der Waals surface area contributed by atoms with Crippen LogP contribution in [0.3, 0.4) is 0 Å². The molecule has 0 spiro atoms. The summed E-state index contributed by atoms with van der Waals surface area (Å²) in [4.78, 5) is 41.9. The van der Waals surface area contributed by atoms with Crippen LogP contribution in [0.1, 0.15) is 31.2 Å². The third kappa shape index (κ3) is 3.76. The van der Waals surface area contributed by atoms with Crippen molar-refractivity contribution in [1.29, 1.82) is 0 Å². The Morgan fingerprint density at radius 2 is 1.56 bits per heavy atom. The maximum absolute atomic E-state index is 12.6. The number of nitrogens with one attached hydrogen (secondary N) is 1. The predicted octanol–water partition coefficient (Wildman–Crippen LogP) is 0.0936. The monoisotopic (exact) mass is 476 g/mol. The number of aromatic nitrogens is 2. The molecule has 0 fully saturated rings. The minimum absolute atomic E-state index is 0.0981. The fraction of sp³-hybridized carbons (Fsp3) is 0.158. The van der Waals surface area contributed by atoms with Gasteiger partial charge in [-0.1, -0.05) is 18.2 Å². The standard InChI is InChI=1S/C19H16N4O7S2/c1-31(27,28)19-20-15(14-8-4-5-9-22(14)19)16(24)21-32(29,30)11-10-23-17(25)12-6-2-3-7-13(12)18(23)26/h2-9H,10-11H2,1H3,(H,21,24). The Morgan fingerprint density at radius 1 is 0.969 bits per heavy atom. The zero-order valence-electron chi connectivity index (χ0n) is 16.5. The van der Waals surface area contributed by atoms with Gasteiger partial charge < -0.3 is 0 Å². The molecule has 0 bridgehead atoms. The molecule has 3 aromatic rings. The zero-order chi connectivity index (χ0) is 23.3. The van der Waals surface area contributed by atoms with Crippen molar-refractivity contribution in [3.63, 3.8) is 0 Å². The second-order valence-electron chi connectivity index (χ2n) is 7.03. The van der Waals surface area contributed by atoms with E-state index in [1.807, 2.05) is 4.72 Å². The van der Waals surface area contributed by atoms with Gasteiger partial charge in [-0.05, 0) is 24.3 Å². The molecular formula is C19H16N4O7S2. The van der Waals surface area contributed by atoms with E-state index in [0.29, 0.717) is 0 Å². The highest BCUT2D eigenvalue weighted by atomic mass is 32.2. The van der Waals surface area contributed by atoms with E-state index in [2.05, 4.69) is 4.98 Å². The number of sulfone groups is 1. The number of fused-ring (bicyclic) bond motifs is 2. The Labute approximate surface area is 182 Å². The van der Waals surface area contributed by atoms with Crippen LogP contribution in [0.4, 0.5) is 0 Å². The number of imide groups is 1. The van der Waals surface area contributed by atoms with Crippen LogP contribution >= 0.6 is 0 Å². The topological polar surface area (TPSA) is 152 Å². The molecule has 11 nitrogen and oxygen atoms in total. The largest absolute Gasteiger partial charge is 0.290 e. The minimum atomic E-state index is -4.29. The smallest absolute Gasteiger partial charge is 0.285 e. The Morgan fingerprint density at radius 3 is 2.16 bits per heavy atom. The first-order chi connectivity index (χ1) is 15.0. The predicted molar refractivity (Wildman–Crippen MR) is 111 cm³/mol. The number of nitrogens with zero attached hydrogens (tertiary/aromatic N) is 3. The van der Waals surface area contributed by atoms with Crippen LogP contribution in [0, 0.1) is 0 Å². The number of sulfonamides is 1. The molecule has 13 heteroatoms. The highest BCUT2D eigenvalue weighted by molar-refractivity contribution is 7.90. The fourth-order valence-electron chi connectivity index (χ4n) is 3.33. The molecule has 0 radical (unpaired) electrons. The minimum Gasteiger partial charge on any atom is -0.290 e. The number of rotatable bonds is 6. The summed E-state index contributed by atoms with van der Waals surface area (Å²) in [6.45, 7) is -0.465. The number of carbonyl (C=O) groups is 3. The number of benzene rings is 1. The normalized spacial score (nSPS) is 14.1. The van der Waals surface area contributed by atoms with Gasteiger partial charge >= 0.3 is 0 Å². The highest BCUT2D eigenvalue weighted by Crippen LogP contribution is 2.22. The number of hydrogen-bond acceptors (Lipinski definition) is 8. The van der Waals surface area contributed by atoms with E-state index >= 15 is 0 Å². The van der Waals surface area contributed by atoms with E-state index in [9.17, 15) is 31.2 Å². The lowest BCUT2D eigenvalue weighted by atomic mass is 10.1. The van der Waals surface area contributed by atoms with Gasteiger partial charge in [0.05, 0.1) is 22.4 Å². The van der Waals surface area contributed by atoms with Gasteiger partial charge in [0.15, 0.2) is 5.69 Å². The van der Waals surface area contributed by atoms with Gasteiger partial charge in [0.2, 0.25) is 25.0 Å². The molecule has 4 rings (SSSR count). The first-order valence-electron chi connectivity index (χ1n) is 9.17. The van der Waals surface area contributed by atoms with Gasteiger partial charge in [-0.15, -0.1) is 0 Å². The summed E-state index contributed by atoms with van der Waals surface area (Å²) < 4.78 is 51.8. The Bertz CT molecular complexity index is 1470. The van der Waals surface area contributed by atoms with Gasteiger partial charge in [0, 0.05) is 19.0 Å². The Balaban J connectivity index is 1.53. The lowest BCUT2D eigenvalue weighted by molar-refractivity contribution is 0.0664. The third-order valence-electron chi connectivity index (χ3n) is 4.77. The van der Waals surface area contributed by atoms with E-state index in [-0.39, 0.29) is 16.6 Å². The fourth-order valence-corrected chi connectivity index (χ4v) is 5.01. The summed E-state index contributed by atoms with van der Waals surface area (Å²) in [5.74, 6) is -3.10. The number of pyridine rings is 1. The van der Waals surface area contributed by atoms with Crippen molar-refractivity contribution in [2.24, 2.45) is 0 Å². The second kappa shape index (κ2) is 7.53. The van der Waals surface area contributed by atoms with Gasteiger partial charge in [0.1, 0.15) is 0 Å². The molecule has 3 amide bonds. The molecule has 1 aromatic carbocycles. The molecule has 1 aliphatic heterocycles. The SMILES string of the molecule is CS(=O)(=O)c1nc(C(=O)NS(=O)(=O)CCN2C(=O)c3ccccc3C2=O)c2ccccn12. The molecule has 0 aliphatic carbocycles. The van der Waals surface area contributed by atoms with Crippen LogP contribution < -0.4 is 4.72 Å². The molecule has 3 heterocycles. The van der Waals surface area contributed by atoms with Crippen LogP contribution in [0.2, 0.25) is 0 Å². The van der Waals surface area contributed by atoms with Gasteiger partial charge in [-0.2, -0.15) is 0 Å². The van der Waals surface area contributed by atoms with Crippen molar-refractivity contribution in [2.75, 3.05) is 18.6 Å².